The number of nitrogens with zero attached hydrogens (tertiary/aromatic N) is 3. The third-order valence-electron chi connectivity index (χ3n) is 4.14. The van der Waals surface area contributed by atoms with E-state index >= 15 is 0 Å². The quantitative estimate of drug-likeness (QED) is 0.586. The van der Waals surface area contributed by atoms with Crippen LogP contribution < -0.4 is 5.32 Å². The summed E-state index contributed by atoms with van der Waals surface area (Å²) in [4.78, 5) is 12.1. The molecule has 3 aromatic rings. The zero-order valence-electron chi connectivity index (χ0n) is 15.1. The number of hydrogen-bond donors (Lipinski definition) is 1. The van der Waals surface area contributed by atoms with Gasteiger partial charge in [-0.1, -0.05) is 65.8 Å². The van der Waals surface area contributed by atoms with Crippen LogP contribution in [0.15, 0.2) is 59.8 Å². The van der Waals surface area contributed by atoms with Crippen LogP contribution in [0.1, 0.15) is 17.0 Å². The number of aryl methyl sites for hydroxylation is 2. The molecular weight excluding hydrogens is 380 g/mol. The number of halogens is 1. The topological polar surface area (TPSA) is 59.8 Å². The van der Waals surface area contributed by atoms with Crippen molar-refractivity contribution < 1.29 is 4.79 Å². The van der Waals surface area contributed by atoms with Crippen molar-refractivity contribution in [3.8, 4) is 0 Å². The third kappa shape index (κ3) is 5.84. The average molecular weight is 401 g/mol. The lowest BCUT2D eigenvalue weighted by molar-refractivity contribution is -0.118. The predicted molar refractivity (Wildman–Crippen MR) is 109 cm³/mol. The van der Waals surface area contributed by atoms with Crippen molar-refractivity contribution in [2.75, 3.05) is 5.75 Å². The summed E-state index contributed by atoms with van der Waals surface area (Å²) in [6.45, 7) is 0.484. The Bertz CT molecular complexity index is 881. The van der Waals surface area contributed by atoms with Crippen LogP contribution in [0, 0.1) is 0 Å². The van der Waals surface area contributed by atoms with Crippen LogP contribution >= 0.6 is 23.4 Å². The van der Waals surface area contributed by atoms with E-state index in [2.05, 4.69) is 27.6 Å². The molecule has 3 rings (SSSR count). The number of nitrogens with one attached hydrogen (secondary N) is 1. The minimum absolute atomic E-state index is 0.0382. The van der Waals surface area contributed by atoms with E-state index in [9.17, 15) is 4.79 Å². The number of benzene rings is 2. The van der Waals surface area contributed by atoms with Gasteiger partial charge in [-0.15, -0.1) is 10.2 Å². The maximum absolute atomic E-state index is 12.1. The molecular formula is C20H21ClN4OS. The molecule has 1 heterocycles. The first-order valence-electron chi connectivity index (χ1n) is 8.68. The Morgan fingerprint density at radius 3 is 2.52 bits per heavy atom. The van der Waals surface area contributed by atoms with Crippen molar-refractivity contribution in [2.24, 2.45) is 7.05 Å². The van der Waals surface area contributed by atoms with Crippen molar-refractivity contribution >= 4 is 29.3 Å². The highest BCUT2D eigenvalue weighted by Crippen LogP contribution is 2.16. The molecule has 0 unspecified atom stereocenters. The molecule has 1 aromatic heterocycles. The van der Waals surface area contributed by atoms with Crippen LogP contribution in [0.5, 0.6) is 0 Å². The number of thioether (sulfide) groups is 1. The molecule has 1 N–H and O–H groups in total. The van der Waals surface area contributed by atoms with Crippen molar-refractivity contribution in [1.82, 2.24) is 20.1 Å². The van der Waals surface area contributed by atoms with Gasteiger partial charge in [0.1, 0.15) is 5.82 Å². The van der Waals surface area contributed by atoms with Crippen LogP contribution in [-0.4, -0.2) is 26.4 Å². The number of aromatic nitrogens is 3. The summed E-state index contributed by atoms with van der Waals surface area (Å²) in [6, 6.07) is 17.7. The highest BCUT2D eigenvalue weighted by molar-refractivity contribution is 7.99. The molecule has 0 bridgehead atoms. The Morgan fingerprint density at radius 1 is 1.04 bits per heavy atom. The summed E-state index contributed by atoms with van der Waals surface area (Å²) in [5.41, 5.74) is 2.29. The molecule has 0 aliphatic rings. The molecule has 7 heteroatoms. The summed E-state index contributed by atoms with van der Waals surface area (Å²) >= 11 is 7.25. The molecule has 0 aliphatic carbocycles. The van der Waals surface area contributed by atoms with Crippen molar-refractivity contribution in [2.45, 2.75) is 24.5 Å². The molecule has 0 atom stereocenters. The van der Waals surface area contributed by atoms with Gasteiger partial charge in [-0.2, -0.15) is 0 Å². The van der Waals surface area contributed by atoms with Crippen LogP contribution in [0.2, 0.25) is 5.02 Å². The first kappa shape index (κ1) is 19.5. The molecule has 2 aromatic carbocycles. The van der Waals surface area contributed by atoms with Gasteiger partial charge in [0.15, 0.2) is 5.16 Å². The predicted octanol–water partition coefficient (Wildman–Crippen LogP) is 3.66. The molecule has 0 saturated heterocycles. The molecule has 0 aliphatic heterocycles. The van der Waals surface area contributed by atoms with Crippen molar-refractivity contribution in [3.63, 3.8) is 0 Å². The summed E-state index contributed by atoms with van der Waals surface area (Å²) in [7, 11) is 1.94. The normalized spacial score (nSPS) is 10.7. The van der Waals surface area contributed by atoms with E-state index < -0.39 is 0 Å². The summed E-state index contributed by atoms with van der Waals surface area (Å²) in [5, 5.41) is 12.8. The lowest BCUT2D eigenvalue weighted by Crippen LogP contribution is -2.24. The molecule has 27 heavy (non-hydrogen) atoms. The fraction of sp³-hybridized carbons (Fsp3) is 0.250. The molecule has 1 amide bonds. The lowest BCUT2D eigenvalue weighted by Gasteiger charge is -2.06. The Kier molecular flexibility index (Phi) is 6.90. The molecule has 140 valence electrons. The number of hydrogen-bond acceptors (Lipinski definition) is 4. The monoisotopic (exact) mass is 400 g/mol. The third-order valence-corrected chi connectivity index (χ3v) is 5.41. The van der Waals surface area contributed by atoms with Gasteiger partial charge in [0.25, 0.3) is 0 Å². The van der Waals surface area contributed by atoms with Crippen LogP contribution in [-0.2, 0) is 31.2 Å². The Balaban J connectivity index is 1.45. The number of rotatable bonds is 8. The van der Waals surface area contributed by atoms with Crippen molar-refractivity contribution in [3.05, 3.63) is 76.6 Å². The SMILES string of the molecule is Cn1c(CCc2ccccc2)nnc1SCC(=O)NCc1ccc(Cl)cc1. The van der Waals surface area contributed by atoms with Gasteiger partial charge >= 0.3 is 0 Å². The summed E-state index contributed by atoms with van der Waals surface area (Å²) < 4.78 is 1.96. The molecule has 0 fully saturated rings. The van der Waals surface area contributed by atoms with Gasteiger partial charge in [0.05, 0.1) is 5.75 Å². The van der Waals surface area contributed by atoms with E-state index in [1.54, 1.807) is 0 Å². The molecule has 0 saturated carbocycles. The van der Waals surface area contributed by atoms with Crippen molar-refractivity contribution in [1.29, 1.82) is 0 Å². The highest BCUT2D eigenvalue weighted by Gasteiger charge is 2.11. The first-order valence-corrected chi connectivity index (χ1v) is 10.0. The Labute approximate surface area is 168 Å². The zero-order valence-corrected chi connectivity index (χ0v) is 16.6. The van der Waals surface area contributed by atoms with E-state index in [0.29, 0.717) is 17.3 Å². The van der Waals surface area contributed by atoms with E-state index in [-0.39, 0.29) is 5.91 Å². The Hall–Kier alpha value is -2.31. The minimum atomic E-state index is -0.0382. The minimum Gasteiger partial charge on any atom is -0.351 e. The second-order valence-electron chi connectivity index (χ2n) is 6.14. The second-order valence-corrected chi connectivity index (χ2v) is 7.51. The first-order chi connectivity index (χ1) is 13.1. The fourth-order valence-corrected chi connectivity index (χ4v) is 3.46. The van der Waals surface area contributed by atoms with Gasteiger partial charge in [-0.05, 0) is 29.7 Å². The lowest BCUT2D eigenvalue weighted by atomic mass is 10.1. The number of carbonyl (C=O) groups is 1. The molecule has 0 spiro atoms. The largest absolute Gasteiger partial charge is 0.351 e. The smallest absolute Gasteiger partial charge is 0.230 e. The molecule has 5 nitrogen and oxygen atoms in total. The van der Waals surface area contributed by atoms with Gasteiger partial charge in [0, 0.05) is 25.0 Å². The zero-order chi connectivity index (χ0) is 19.1. The van der Waals surface area contributed by atoms with Crippen LogP contribution in [0.3, 0.4) is 0 Å². The van der Waals surface area contributed by atoms with Crippen LogP contribution in [0.25, 0.3) is 0 Å². The highest BCUT2D eigenvalue weighted by atomic mass is 35.5. The second kappa shape index (κ2) is 9.58. The maximum Gasteiger partial charge on any atom is 0.230 e. The molecule has 0 radical (unpaired) electrons. The van der Waals surface area contributed by atoms with Gasteiger partial charge in [0.2, 0.25) is 5.91 Å². The fourth-order valence-electron chi connectivity index (χ4n) is 2.57. The summed E-state index contributed by atoms with van der Waals surface area (Å²) in [5.74, 6) is 1.19. The van der Waals surface area contributed by atoms with Gasteiger partial charge < -0.3 is 9.88 Å². The number of carbonyl (C=O) groups excluding carboxylic acids is 1. The summed E-state index contributed by atoms with van der Waals surface area (Å²) in [6.07, 6.45) is 1.73. The van der Waals surface area contributed by atoms with E-state index in [0.717, 1.165) is 29.4 Å². The van der Waals surface area contributed by atoms with E-state index in [1.807, 2.05) is 54.1 Å². The Morgan fingerprint density at radius 2 is 1.78 bits per heavy atom. The van der Waals surface area contributed by atoms with Gasteiger partial charge in [-0.3, -0.25) is 4.79 Å². The van der Waals surface area contributed by atoms with Crippen LogP contribution in [0.4, 0.5) is 0 Å². The van der Waals surface area contributed by atoms with E-state index in [1.165, 1.54) is 17.3 Å². The number of amides is 1. The van der Waals surface area contributed by atoms with E-state index in [4.69, 9.17) is 11.6 Å². The standard InChI is InChI=1S/C20H21ClN4OS/c1-25-18(12-9-15-5-3-2-4-6-15)23-24-20(25)27-14-19(26)22-13-16-7-10-17(21)11-8-16/h2-8,10-11H,9,12-14H2,1H3,(H,22,26). The van der Waals surface area contributed by atoms with Gasteiger partial charge in [-0.25, -0.2) is 0 Å². The average Bonchev–Trinajstić information content (AvgIpc) is 3.05. The maximum atomic E-state index is 12.1.